The highest BCUT2D eigenvalue weighted by atomic mass is 32.2. The van der Waals surface area contributed by atoms with Crippen LogP contribution in [0.25, 0.3) is 10.8 Å². The van der Waals surface area contributed by atoms with Crippen molar-refractivity contribution in [3.63, 3.8) is 0 Å². The zero-order chi connectivity index (χ0) is 35.8. The van der Waals surface area contributed by atoms with Gasteiger partial charge in [0.2, 0.25) is 27.7 Å². The van der Waals surface area contributed by atoms with Crippen molar-refractivity contribution in [2.75, 3.05) is 13.7 Å². The molecule has 2 aromatic rings. The molecule has 15 heteroatoms. The lowest BCUT2D eigenvalue weighted by Crippen LogP contribution is -2.59. The average Bonchev–Trinajstić information content (AvgIpc) is 3.57. The number of carboxylic acid groups (broad SMARTS) is 1. The number of benzene rings is 1. The molecule has 0 unspecified atom stereocenters. The molecule has 1 saturated heterocycles. The smallest absolute Gasteiger partial charge is 0.405 e. The van der Waals surface area contributed by atoms with E-state index in [2.05, 4.69) is 20.3 Å². The van der Waals surface area contributed by atoms with Crippen molar-refractivity contribution in [1.29, 1.82) is 0 Å². The standard InChI is InChI=1S/C35H45N5O9S/c1-20-9-4-5-10-22-17-35(22,33(43)39-50(46,47)24-11-8-12-24)38-30(41)27-16-23(19-40(27)32(42)29(21(2)15-20)37-34(44)45)49-31-26-14-7-6-13-25(26)28(48-3)18-36-31/h5-7,10,13-14,18,20-24,27,29,37H,4,8-9,11-12,15-17,19H2,1-3H3,(H,38,41)(H,39,43)(H,44,45)/b10-5-/t20-,21+,22+,23+,27-,29-,35+/m0/s1. The van der Waals surface area contributed by atoms with Gasteiger partial charge >= 0.3 is 6.09 Å². The van der Waals surface area contributed by atoms with Gasteiger partial charge in [-0.15, -0.1) is 0 Å². The number of fused-ring (bicyclic) bond motifs is 3. The van der Waals surface area contributed by atoms with Crippen molar-refractivity contribution < 1.29 is 42.2 Å². The van der Waals surface area contributed by atoms with Crippen molar-refractivity contribution >= 4 is 44.6 Å². The van der Waals surface area contributed by atoms with Crippen molar-refractivity contribution in [2.24, 2.45) is 17.8 Å². The van der Waals surface area contributed by atoms with Crippen LogP contribution in [0.2, 0.25) is 0 Å². The molecule has 4 amide bonds. The maximum absolute atomic E-state index is 14.3. The number of aromatic nitrogens is 1. The summed E-state index contributed by atoms with van der Waals surface area (Å²) < 4.78 is 40.0. The van der Waals surface area contributed by atoms with Crippen LogP contribution < -0.4 is 24.8 Å². The minimum Gasteiger partial charge on any atom is -0.494 e. The SMILES string of the molecule is COc1cnc(O[C@@H]2C[C@H]3C(=O)N[C@]4(C(=O)NS(=O)(=O)C5CCC5)C[C@H]4/C=C\CC[C@H](C)C[C@@H](C)[C@H](NC(=O)O)C(=O)N3C2)c2ccccc12. The Bertz CT molecular complexity index is 1800. The maximum atomic E-state index is 14.3. The van der Waals surface area contributed by atoms with E-state index < -0.39 is 74.7 Å². The van der Waals surface area contributed by atoms with E-state index in [-0.39, 0.29) is 31.2 Å². The normalized spacial score (nSPS) is 31.1. The molecule has 0 bridgehead atoms. The molecule has 14 nitrogen and oxygen atoms in total. The number of ether oxygens (including phenoxy) is 2. The van der Waals surface area contributed by atoms with E-state index in [4.69, 9.17) is 9.47 Å². The van der Waals surface area contributed by atoms with Gasteiger partial charge in [-0.05, 0) is 56.4 Å². The highest BCUT2D eigenvalue weighted by molar-refractivity contribution is 7.90. The number of nitrogens with zero attached hydrogens (tertiary/aromatic N) is 2. The van der Waals surface area contributed by atoms with E-state index in [1.165, 1.54) is 18.2 Å². The van der Waals surface area contributed by atoms with Crippen LogP contribution in [0.15, 0.2) is 42.6 Å². The molecule has 3 fully saturated rings. The van der Waals surface area contributed by atoms with E-state index in [0.29, 0.717) is 36.8 Å². The van der Waals surface area contributed by atoms with Crippen LogP contribution in [-0.4, -0.2) is 89.9 Å². The highest BCUT2D eigenvalue weighted by Gasteiger charge is 2.62. The lowest BCUT2D eigenvalue weighted by Gasteiger charge is -2.32. The Morgan fingerprint density at radius 3 is 2.52 bits per heavy atom. The van der Waals surface area contributed by atoms with E-state index in [0.717, 1.165) is 18.2 Å². The predicted molar refractivity (Wildman–Crippen MR) is 183 cm³/mol. The van der Waals surface area contributed by atoms with Crippen LogP contribution in [0.5, 0.6) is 11.6 Å². The first-order valence-corrected chi connectivity index (χ1v) is 18.8. The molecule has 50 heavy (non-hydrogen) atoms. The Morgan fingerprint density at radius 1 is 1.10 bits per heavy atom. The van der Waals surface area contributed by atoms with Gasteiger partial charge < -0.3 is 30.1 Å². The molecule has 0 radical (unpaired) electrons. The minimum absolute atomic E-state index is 0.0166. The largest absolute Gasteiger partial charge is 0.494 e. The minimum atomic E-state index is -3.93. The molecule has 7 atom stereocenters. The first kappa shape index (κ1) is 35.4. The summed E-state index contributed by atoms with van der Waals surface area (Å²) >= 11 is 0. The average molecular weight is 712 g/mol. The third kappa shape index (κ3) is 7.10. The lowest BCUT2D eigenvalue weighted by atomic mass is 9.88. The fourth-order valence-corrected chi connectivity index (χ4v) is 9.05. The van der Waals surface area contributed by atoms with Crippen molar-refractivity contribution in [1.82, 2.24) is 25.2 Å². The molecular formula is C35H45N5O9S. The number of hydrogen-bond acceptors (Lipinski definition) is 9. The van der Waals surface area contributed by atoms with Gasteiger partial charge in [0.05, 0.1) is 25.1 Å². The molecule has 1 aromatic heterocycles. The Hall–Kier alpha value is -4.40. The third-order valence-electron chi connectivity index (χ3n) is 10.6. The fourth-order valence-electron chi connectivity index (χ4n) is 7.49. The van der Waals surface area contributed by atoms with Crippen LogP contribution in [0.1, 0.15) is 65.2 Å². The Balaban J connectivity index is 1.33. The van der Waals surface area contributed by atoms with Gasteiger partial charge in [-0.2, -0.15) is 0 Å². The summed E-state index contributed by atoms with van der Waals surface area (Å²) in [6, 6.07) is 5.06. The van der Waals surface area contributed by atoms with Crippen LogP contribution in [0, 0.1) is 17.8 Å². The first-order chi connectivity index (χ1) is 23.8. The number of carbonyl (C=O) groups excluding carboxylic acids is 3. The predicted octanol–water partition coefficient (Wildman–Crippen LogP) is 3.11. The molecule has 270 valence electrons. The van der Waals surface area contributed by atoms with Crippen molar-refractivity contribution in [2.45, 2.75) is 94.2 Å². The second kappa shape index (κ2) is 14.1. The van der Waals surface area contributed by atoms with Crippen molar-refractivity contribution in [3.8, 4) is 11.6 Å². The number of amides is 4. The Labute approximate surface area is 291 Å². The van der Waals surface area contributed by atoms with Crippen LogP contribution in [0.4, 0.5) is 4.79 Å². The monoisotopic (exact) mass is 711 g/mol. The van der Waals surface area contributed by atoms with Gasteiger partial charge in [0, 0.05) is 23.1 Å². The molecule has 1 aromatic carbocycles. The summed E-state index contributed by atoms with van der Waals surface area (Å²) in [4.78, 5) is 60.0. The maximum Gasteiger partial charge on any atom is 0.405 e. The zero-order valence-corrected chi connectivity index (χ0v) is 29.3. The van der Waals surface area contributed by atoms with E-state index in [1.54, 1.807) is 0 Å². The topological polar surface area (TPSA) is 193 Å². The number of nitrogens with one attached hydrogen (secondary N) is 3. The second-order valence-electron chi connectivity index (χ2n) is 14.2. The summed E-state index contributed by atoms with van der Waals surface area (Å²) in [6.07, 6.45) is 7.07. The second-order valence-corrected chi connectivity index (χ2v) is 16.2. The van der Waals surface area contributed by atoms with Gasteiger partial charge in [0.1, 0.15) is 29.5 Å². The van der Waals surface area contributed by atoms with Gasteiger partial charge in [0.25, 0.3) is 5.91 Å². The van der Waals surface area contributed by atoms with E-state index >= 15 is 0 Å². The number of sulfonamides is 1. The zero-order valence-electron chi connectivity index (χ0n) is 28.5. The molecule has 2 aliphatic heterocycles. The molecule has 0 spiro atoms. The summed E-state index contributed by atoms with van der Waals surface area (Å²) in [5.74, 6) is -1.95. The first-order valence-electron chi connectivity index (χ1n) is 17.3. The number of pyridine rings is 1. The molecule has 2 aliphatic carbocycles. The molecule has 6 rings (SSSR count). The van der Waals surface area contributed by atoms with Gasteiger partial charge in [-0.3, -0.25) is 19.1 Å². The van der Waals surface area contributed by atoms with Gasteiger partial charge in [-0.25, -0.2) is 18.2 Å². The van der Waals surface area contributed by atoms with E-state index in [9.17, 15) is 32.7 Å². The Kier molecular flexibility index (Phi) is 9.98. The van der Waals surface area contributed by atoms with Crippen LogP contribution in [-0.2, 0) is 24.4 Å². The number of hydrogen-bond donors (Lipinski definition) is 4. The number of allylic oxidation sites excluding steroid dienone is 1. The van der Waals surface area contributed by atoms with Crippen LogP contribution >= 0.6 is 0 Å². The summed E-state index contributed by atoms with van der Waals surface area (Å²) in [7, 11) is -2.39. The molecule has 4 aliphatic rings. The third-order valence-corrected chi connectivity index (χ3v) is 12.5. The molecule has 4 N–H and O–H groups in total. The molecular weight excluding hydrogens is 666 g/mol. The summed E-state index contributed by atoms with van der Waals surface area (Å²) in [5, 5.41) is 15.7. The highest BCUT2D eigenvalue weighted by Crippen LogP contribution is 2.46. The van der Waals surface area contributed by atoms with Gasteiger partial charge in [-0.1, -0.05) is 50.6 Å². The van der Waals surface area contributed by atoms with Gasteiger partial charge in [0.15, 0.2) is 0 Å². The number of carbonyl (C=O) groups is 4. The van der Waals surface area contributed by atoms with Crippen LogP contribution in [0.3, 0.4) is 0 Å². The van der Waals surface area contributed by atoms with Crippen molar-refractivity contribution in [3.05, 3.63) is 42.6 Å². The number of rotatable bonds is 7. The Morgan fingerprint density at radius 2 is 1.84 bits per heavy atom. The lowest BCUT2D eigenvalue weighted by molar-refractivity contribution is -0.142. The van der Waals surface area contributed by atoms with E-state index in [1.807, 2.05) is 50.3 Å². The molecule has 2 saturated carbocycles. The fraction of sp³-hybridized carbons (Fsp3) is 0.571. The quantitative estimate of drug-likeness (QED) is 0.310. The summed E-state index contributed by atoms with van der Waals surface area (Å²) in [5.41, 5.74) is -1.52. The molecule has 3 heterocycles. The number of methoxy groups -OCH3 is 1. The summed E-state index contributed by atoms with van der Waals surface area (Å²) in [6.45, 7) is 3.79.